The molecule has 104 valence electrons. The van der Waals surface area contributed by atoms with Crippen molar-refractivity contribution in [1.82, 2.24) is 0 Å². The molecule has 0 unspecified atom stereocenters. The van der Waals surface area contributed by atoms with E-state index in [-0.39, 0.29) is 10.7 Å². The Kier molecular flexibility index (Phi) is 3.18. The molecule has 20 heavy (non-hydrogen) atoms. The van der Waals surface area contributed by atoms with Crippen LogP contribution >= 0.6 is 11.6 Å². The van der Waals surface area contributed by atoms with Gasteiger partial charge in [0, 0.05) is 13.1 Å². The zero-order chi connectivity index (χ0) is 14.3. The Labute approximate surface area is 121 Å². The highest BCUT2D eigenvalue weighted by atomic mass is 35.5. The summed E-state index contributed by atoms with van der Waals surface area (Å²) in [6, 6.07) is 9.67. The minimum absolute atomic E-state index is 0.0620. The monoisotopic (exact) mass is 291 g/mol. The molecule has 0 aliphatic carbocycles. The highest BCUT2D eigenvalue weighted by molar-refractivity contribution is 6.33. The van der Waals surface area contributed by atoms with Crippen molar-refractivity contribution in [2.45, 2.75) is 13.0 Å². The molecule has 1 heterocycles. The summed E-state index contributed by atoms with van der Waals surface area (Å²) in [6.45, 7) is 1.33. The molecular weight excluding hydrogens is 277 g/mol. The minimum atomic E-state index is -0.538. The number of benzene rings is 2. The van der Waals surface area contributed by atoms with Crippen molar-refractivity contribution in [3.8, 4) is 0 Å². The van der Waals surface area contributed by atoms with Gasteiger partial charge in [0.25, 0.3) is 0 Å². The van der Waals surface area contributed by atoms with Crippen molar-refractivity contribution in [2.75, 3.05) is 22.9 Å². The van der Waals surface area contributed by atoms with Gasteiger partial charge in [-0.05, 0) is 23.6 Å². The number of nitrogens with zero attached hydrogens (tertiary/aromatic N) is 1. The van der Waals surface area contributed by atoms with Gasteiger partial charge in [0.05, 0.1) is 17.1 Å². The average molecular weight is 292 g/mol. The Bertz CT molecular complexity index is 672. The predicted octanol–water partition coefficient (Wildman–Crippen LogP) is 3.21. The van der Waals surface area contributed by atoms with E-state index in [0.29, 0.717) is 24.5 Å². The van der Waals surface area contributed by atoms with E-state index in [1.54, 1.807) is 0 Å². The molecule has 1 aliphatic rings. The molecule has 1 aliphatic heterocycles. The summed E-state index contributed by atoms with van der Waals surface area (Å²) in [7, 11) is 0. The molecule has 2 aromatic carbocycles. The van der Waals surface area contributed by atoms with Crippen LogP contribution in [0.4, 0.5) is 21.5 Å². The third-order valence-electron chi connectivity index (χ3n) is 3.69. The van der Waals surface area contributed by atoms with Gasteiger partial charge in [0.2, 0.25) is 0 Å². The van der Waals surface area contributed by atoms with Gasteiger partial charge in [-0.3, -0.25) is 0 Å². The van der Waals surface area contributed by atoms with E-state index >= 15 is 0 Å². The van der Waals surface area contributed by atoms with E-state index in [1.807, 2.05) is 17.0 Å². The zero-order valence-electron chi connectivity index (χ0n) is 10.9. The maximum absolute atomic E-state index is 14.4. The third kappa shape index (κ3) is 2.06. The fourth-order valence-electron chi connectivity index (χ4n) is 2.66. The van der Waals surface area contributed by atoms with Crippen LogP contribution in [-0.4, -0.2) is 6.54 Å². The summed E-state index contributed by atoms with van der Waals surface area (Å²) in [4.78, 5) is 1.92. The van der Waals surface area contributed by atoms with Gasteiger partial charge < -0.3 is 16.4 Å². The topological polar surface area (TPSA) is 55.3 Å². The molecule has 0 saturated heterocycles. The van der Waals surface area contributed by atoms with E-state index in [4.69, 9.17) is 23.1 Å². The van der Waals surface area contributed by atoms with E-state index in [9.17, 15) is 4.39 Å². The van der Waals surface area contributed by atoms with Gasteiger partial charge in [-0.2, -0.15) is 0 Å². The number of anilines is 3. The fraction of sp³-hybridized carbons (Fsp3) is 0.200. The number of rotatable bonds is 1. The summed E-state index contributed by atoms with van der Waals surface area (Å²) in [6.07, 6.45) is 0.858. The largest absolute Gasteiger partial charge is 0.397 e. The molecule has 0 amide bonds. The van der Waals surface area contributed by atoms with Crippen molar-refractivity contribution >= 4 is 28.7 Å². The lowest BCUT2D eigenvalue weighted by molar-refractivity contribution is 0.612. The van der Waals surface area contributed by atoms with E-state index in [1.165, 1.54) is 17.2 Å². The number of nitrogen functional groups attached to an aromatic ring is 2. The molecule has 0 fully saturated rings. The van der Waals surface area contributed by atoms with Crippen LogP contribution in [0.1, 0.15) is 11.1 Å². The van der Waals surface area contributed by atoms with Crippen LogP contribution in [0.15, 0.2) is 30.3 Å². The van der Waals surface area contributed by atoms with Crippen LogP contribution in [-0.2, 0) is 13.0 Å². The highest BCUT2D eigenvalue weighted by Crippen LogP contribution is 2.38. The second-order valence-electron chi connectivity index (χ2n) is 4.97. The summed E-state index contributed by atoms with van der Waals surface area (Å²) in [5, 5.41) is -0.0620. The van der Waals surface area contributed by atoms with Crippen LogP contribution in [0.5, 0.6) is 0 Å². The van der Waals surface area contributed by atoms with Crippen molar-refractivity contribution in [3.63, 3.8) is 0 Å². The quantitative estimate of drug-likeness (QED) is 0.793. The van der Waals surface area contributed by atoms with Crippen molar-refractivity contribution in [1.29, 1.82) is 0 Å². The first-order chi connectivity index (χ1) is 9.58. The molecule has 0 spiro atoms. The first-order valence-corrected chi connectivity index (χ1v) is 6.80. The molecule has 3 nitrogen and oxygen atoms in total. The SMILES string of the molecule is Nc1cc(N)c(N2CCc3ccccc3C2)c(F)c1Cl. The van der Waals surface area contributed by atoms with E-state index in [0.717, 1.165) is 6.42 Å². The number of fused-ring (bicyclic) bond motifs is 1. The Morgan fingerprint density at radius 1 is 1.10 bits per heavy atom. The first kappa shape index (κ1) is 13.1. The first-order valence-electron chi connectivity index (χ1n) is 6.42. The van der Waals surface area contributed by atoms with E-state index < -0.39 is 5.82 Å². The molecule has 0 atom stereocenters. The van der Waals surface area contributed by atoms with Crippen molar-refractivity contribution in [2.24, 2.45) is 0 Å². The number of halogens is 2. The lowest BCUT2D eigenvalue weighted by Crippen LogP contribution is -2.31. The third-order valence-corrected chi connectivity index (χ3v) is 4.07. The van der Waals surface area contributed by atoms with Crippen LogP contribution in [0.3, 0.4) is 0 Å². The molecule has 0 radical (unpaired) electrons. The van der Waals surface area contributed by atoms with Crippen LogP contribution in [0, 0.1) is 5.82 Å². The lowest BCUT2D eigenvalue weighted by atomic mass is 9.99. The summed E-state index contributed by atoms with van der Waals surface area (Å²) in [5.74, 6) is -0.538. The van der Waals surface area contributed by atoms with Gasteiger partial charge in [0.15, 0.2) is 5.82 Å². The highest BCUT2D eigenvalue weighted by Gasteiger charge is 2.23. The molecular formula is C15H15ClFN3. The number of hydrogen-bond donors (Lipinski definition) is 2. The Hall–Kier alpha value is -1.94. The summed E-state index contributed by atoms with van der Waals surface area (Å²) in [5.41, 5.74) is 14.9. The minimum Gasteiger partial charge on any atom is -0.397 e. The maximum atomic E-state index is 14.4. The number of hydrogen-bond acceptors (Lipinski definition) is 3. The fourth-order valence-corrected chi connectivity index (χ4v) is 2.81. The van der Waals surface area contributed by atoms with Crippen LogP contribution in [0.25, 0.3) is 0 Å². The molecule has 0 aromatic heterocycles. The van der Waals surface area contributed by atoms with Gasteiger partial charge >= 0.3 is 0 Å². The normalized spacial score (nSPS) is 14.2. The van der Waals surface area contributed by atoms with Crippen LogP contribution < -0.4 is 16.4 Å². The van der Waals surface area contributed by atoms with Gasteiger partial charge in [-0.25, -0.2) is 4.39 Å². The lowest BCUT2D eigenvalue weighted by Gasteiger charge is -2.32. The molecule has 0 saturated carbocycles. The molecule has 5 heteroatoms. The van der Waals surface area contributed by atoms with Crippen LogP contribution in [0.2, 0.25) is 5.02 Å². The van der Waals surface area contributed by atoms with Gasteiger partial charge in [-0.15, -0.1) is 0 Å². The average Bonchev–Trinajstić information content (AvgIpc) is 2.45. The standard InChI is InChI=1S/C15H15ClFN3/c16-13-11(18)7-12(19)15(14(13)17)20-6-5-9-3-1-2-4-10(9)8-20/h1-4,7H,5-6,8,18-19H2. The predicted molar refractivity (Wildman–Crippen MR) is 81.4 cm³/mol. The van der Waals surface area contributed by atoms with Gasteiger partial charge in [0.1, 0.15) is 5.02 Å². The van der Waals surface area contributed by atoms with Gasteiger partial charge in [-0.1, -0.05) is 35.9 Å². The molecule has 4 N–H and O–H groups in total. The maximum Gasteiger partial charge on any atom is 0.169 e. The second kappa shape index (κ2) is 4.87. The second-order valence-corrected chi connectivity index (χ2v) is 5.35. The van der Waals surface area contributed by atoms with E-state index in [2.05, 4.69) is 12.1 Å². The summed E-state index contributed by atoms with van der Waals surface area (Å²) >= 11 is 5.89. The zero-order valence-corrected chi connectivity index (χ0v) is 11.6. The van der Waals surface area contributed by atoms with Crippen molar-refractivity contribution < 1.29 is 4.39 Å². The molecule has 2 aromatic rings. The smallest absolute Gasteiger partial charge is 0.169 e. The Balaban J connectivity index is 2.02. The number of nitrogens with two attached hydrogens (primary N) is 2. The molecule has 3 rings (SSSR count). The summed E-state index contributed by atoms with van der Waals surface area (Å²) < 4.78 is 14.4. The molecule has 0 bridgehead atoms. The van der Waals surface area contributed by atoms with Crippen molar-refractivity contribution in [3.05, 3.63) is 52.3 Å². The Morgan fingerprint density at radius 2 is 1.80 bits per heavy atom. The Morgan fingerprint density at radius 3 is 2.55 bits per heavy atom.